The number of nitro groups is 1. The van der Waals surface area contributed by atoms with Gasteiger partial charge in [-0.1, -0.05) is 18.2 Å². The second-order valence-electron chi connectivity index (χ2n) is 6.03. The molecule has 0 saturated heterocycles. The van der Waals surface area contributed by atoms with Gasteiger partial charge in [0.2, 0.25) is 0 Å². The van der Waals surface area contributed by atoms with Crippen LogP contribution in [0.1, 0.15) is 25.0 Å². The fourth-order valence-corrected chi connectivity index (χ4v) is 3.83. The molecule has 0 bridgehead atoms. The highest BCUT2D eigenvalue weighted by Gasteiger charge is 2.31. The lowest BCUT2D eigenvalue weighted by molar-refractivity contribution is -0.384. The molecule has 31 heavy (non-hydrogen) atoms. The molecule has 1 aliphatic heterocycles. The summed E-state index contributed by atoms with van der Waals surface area (Å²) in [5.74, 6) is -0.754. The summed E-state index contributed by atoms with van der Waals surface area (Å²) in [6, 6.07) is 12.1. The Labute approximate surface area is 177 Å². The highest BCUT2D eigenvalue weighted by Crippen LogP contribution is 2.50. The fraction of sp³-hybridized carbons (Fsp3) is 0.211. The molecular weight excluding hydrogens is 427 g/mol. The molecule has 0 aromatic heterocycles. The smallest absolute Gasteiger partial charge is 0.383 e. The number of hydrogen-bond acceptors (Lipinski definition) is 9. The number of anilines is 1. The van der Waals surface area contributed by atoms with Crippen LogP contribution in [0.25, 0.3) is 0 Å². The Morgan fingerprint density at radius 1 is 1.10 bits per heavy atom. The maximum Gasteiger partial charge on any atom is 0.531 e. The zero-order valence-electron chi connectivity index (χ0n) is 16.7. The van der Waals surface area contributed by atoms with Crippen molar-refractivity contribution < 1.29 is 27.9 Å². The van der Waals surface area contributed by atoms with Crippen molar-refractivity contribution in [3.63, 3.8) is 0 Å². The first-order valence-electron chi connectivity index (χ1n) is 9.26. The van der Waals surface area contributed by atoms with Crippen LogP contribution < -0.4 is 5.32 Å². The largest absolute Gasteiger partial charge is 0.531 e. The van der Waals surface area contributed by atoms with Crippen LogP contribution in [-0.4, -0.2) is 35.7 Å². The Balaban J connectivity index is 2.04. The zero-order chi connectivity index (χ0) is 22.4. The quantitative estimate of drug-likeness (QED) is 0.213. The van der Waals surface area contributed by atoms with Gasteiger partial charge in [-0.2, -0.15) is 0 Å². The topological polar surface area (TPSA) is 142 Å². The minimum Gasteiger partial charge on any atom is -0.383 e. The maximum atomic E-state index is 12.8. The molecule has 0 unspecified atom stereocenters. The first-order chi connectivity index (χ1) is 14.9. The Morgan fingerprint density at radius 2 is 1.74 bits per heavy atom. The summed E-state index contributed by atoms with van der Waals surface area (Å²) >= 11 is 0. The van der Waals surface area contributed by atoms with Crippen molar-refractivity contribution in [2.45, 2.75) is 13.8 Å². The van der Waals surface area contributed by atoms with E-state index >= 15 is 0 Å². The SMILES string of the molecule is CCOP(=O)(OCC)O/C(=N\N=C1/C(=O)Nc2ccccc21)c1ccc([N+](=O)[O-])cc1. The molecule has 0 saturated carbocycles. The van der Waals surface area contributed by atoms with Crippen LogP contribution in [0.5, 0.6) is 0 Å². The third-order valence-corrected chi connectivity index (χ3v) is 5.53. The van der Waals surface area contributed by atoms with Crippen LogP contribution in [-0.2, 0) is 22.9 Å². The van der Waals surface area contributed by atoms with Crippen LogP contribution in [0, 0.1) is 10.1 Å². The lowest BCUT2D eigenvalue weighted by Crippen LogP contribution is -2.15. The molecule has 3 rings (SSSR count). The Kier molecular flexibility index (Phi) is 6.91. The van der Waals surface area contributed by atoms with Gasteiger partial charge in [-0.3, -0.25) is 24.0 Å². The third-order valence-electron chi connectivity index (χ3n) is 3.98. The van der Waals surface area contributed by atoms with E-state index in [1.165, 1.54) is 24.3 Å². The predicted molar refractivity (Wildman–Crippen MR) is 113 cm³/mol. The molecule has 12 heteroatoms. The van der Waals surface area contributed by atoms with E-state index in [-0.39, 0.29) is 36.1 Å². The van der Waals surface area contributed by atoms with E-state index in [0.717, 1.165) is 0 Å². The van der Waals surface area contributed by atoms with Crippen LogP contribution in [0.2, 0.25) is 0 Å². The summed E-state index contributed by atoms with van der Waals surface area (Å²) in [5, 5.41) is 21.5. The number of nitrogens with one attached hydrogen (secondary N) is 1. The van der Waals surface area contributed by atoms with Gasteiger partial charge in [-0.15, -0.1) is 10.2 Å². The van der Waals surface area contributed by atoms with Crippen LogP contribution in [0.4, 0.5) is 11.4 Å². The molecule has 0 atom stereocenters. The standard InChI is InChI=1S/C19H19N4O7P/c1-3-28-31(27,29-4-2)30-19(13-9-11-14(12-10-13)23(25)26)22-21-17-15-7-5-6-8-16(15)20-18(17)24/h5-12H,3-4H2,1-2H3,(H,20,21,24)/b22-19-. The summed E-state index contributed by atoms with van der Waals surface area (Å²) in [6.45, 7) is 3.29. The Morgan fingerprint density at radius 3 is 2.35 bits per heavy atom. The normalized spacial score (nSPS) is 15.0. The first-order valence-corrected chi connectivity index (χ1v) is 10.7. The number of fused-ring (bicyclic) bond motifs is 1. The number of non-ortho nitro benzene ring substituents is 1. The van der Waals surface area contributed by atoms with Gasteiger partial charge in [0, 0.05) is 23.3 Å². The molecule has 1 N–H and O–H groups in total. The first kappa shape index (κ1) is 22.3. The second-order valence-corrected chi connectivity index (χ2v) is 7.62. The van der Waals surface area contributed by atoms with Crippen molar-refractivity contribution in [2.24, 2.45) is 10.2 Å². The molecule has 2 aromatic rings. The minimum absolute atomic E-state index is 0.0289. The van der Waals surface area contributed by atoms with Gasteiger partial charge in [-0.05, 0) is 32.0 Å². The molecule has 2 aromatic carbocycles. The predicted octanol–water partition coefficient (Wildman–Crippen LogP) is 3.90. The second kappa shape index (κ2) is 9.61. The molecule has 1 amide bonds. The summed E-state index contributed by atoms with van der Waals surface area (Å²) in [5.41, 5.74) is 1.21. The number of carbonyl (C=O) groups is 1. The van der Waals surface area contributed by atoms with Crippen molar-refractivity contribution in [2.75, 3.05) is 18.5 Å². The van der Waals surface area contributed by atoms with E-state index < -0.39 is 18.7 Å². The average Bonchev–Trinajstić information content (AvgIpc) is 3.06. The van der Waals surface area contributed by atoms with Crippen LogP contribution >= 0.6 is 7.82 Å². The highest BCUT2D eigenvalue weighted by atomic mass is 31.2. The average molecular weight is 446 g/mol. The summed E-state index contributed by atoms with van der Waals surface area (Å²) in [6.07, 6.45) is 0. The molecule has 11 nitrogen and oxygen atoms in total. The number of phosphoric acid groups is 1. The van der Waals surface area contributed by atoms with Crippen molar-refractivity contribution in [1.82, 2.24) is 0 Å². The Bertz CT molecular complexity index is 1090. The minimum atomic E-state index is -4.05. The number of rotatable bonds is 8. The van der Waals surface area contributed by atoms with Gasteiger partial charge >= 0.3 is 7.82 Å². The lowest BCUT2D eigenvalue weighted by Gasteiger charge is -2.17. The van der Waals surface area contributed by atoms with Crippen LogP contribution in [0.3, 0.4) is 0 Å². The molecule has 0 radical (unpaired) electrons. The zero-order valence-corrected chi connectivity index (χ0v) is 17.6. The van der Waals surface area contributed by atoms with E-state index in [0.29, 0.717) is 11.3 Å². The molecule has 0 spiro atoms. The fourth-order valence-electron chi connectivity index (χ4n) is 2.66. The number of para-hydroxylation sites is 1. The maximum absolute atomic E-state index is 12.8. The van der Waals surface area contributed by atoms with Crippen molar-refractivity contribution in [3.8, 4) is 0 Å². The van der Waals surface area contributed by atoms with Gasteiger partial charge in [0.1, 0.15) is 0 Å². The van der Waals surface area contributed by atoms with Gasteiger partial charge in [0.05, 0.1) is 23.8 Å². The number of phosphoric ester groups is 1. The van der Waals surface area contributed by atoms with Gasteiger partial charge in [-0.25, -0.2) is 4.57 Å². The highest BCUT2D eigenvalue weighted by molar-refractivity contribution is 7.49. The van der Waals surface area contributed by atoms with Crippen LogP contribution in [0.15, 0.2) is 58.7 Å². The molecule has 1 heterocycles. The molecule has 1 aliphatic rings. The van der Waals surface area contributed by atoms with Crippen molar-refractivity contribution in [3.05, 3.63) is 69.8 Å². The molecule has 0 aliphatic carbocycles. The van der Waals surface area contributed by atoms with E-state index in [1.807, 2.05) is 0 Å². The Hall–Kier alpha value is -3.40. The third kappa shape index (κ3) is 5.21. The summed E-state index contributed by atoms with van der Waals surface area (Å²) < 4.78 is 28.5. The summed E-state index contributed by atoms with van der Waals surface area (Å²) in [4.78, 5) is 22.6. The van der Waals surface area contributed by atoms with Crippen molar-refractivity contribution >= 4 is 36.7 Å². The summed E-state index contributed by atoms with van der Waals surface area (Å²) in [7, 11) is -4.05. The van der Waals surface area contributed by atoms with E-state index in [1.54, 1.807) is 38.1 Å². The molecular formula is C19H19N4O7P. The number of benzene rings is 2. The number of amides is 1. The van der Waals surface area contributed by atoms with E-state index in [4.69, 9.17) is 13.6 Å². The van der Waals surface area contributed by atoms with Gasteiger partial charge < -0.3 is 9.84 Å². The molecule has 162 valence electrons. The number of carbonyl (C=O) groups excluding carboxylic acids is 1. The van der Waals surface area contributed by atoms with Crippen molar-refractivity contribution in [1.29, 1.82) is 0 Å². The van der Waals surface area contributed by atoms with Gasteiger partial charge in [0.15, 0.2) is 5.71 Å². The number of hydrogen-bond donors (Lipinski definition) is 1. The monoisotopic (exact) mass is 446 g/mol. The van der Waals surface area contributed by atoms with Gasteiger partial charge in [0.25, 0.3) is 17.5 Å². The number of nitro benzene ring substituents is 1. The number of nitrogens with zero attached hydrogens (tertiary/aromatic N) is 3. The van der Waals surface area contributed by atoms with E-state index in [2.05, 4.69) is 15.5 Å². The molecule has 0 fully saturated rings. The lowest BCUT2D eigenvalue weighted by atomic mass is 10.1. The van der Waals surface area contributed by atoms with E-state index in [9.17, 15) is 19.5 Å².